The van der Waals surface area contributed by atoms with Gasteiger partial charge in [-0.2, -0.15) is 0 Å². The van der Waals surface area contributed by atoms with Crippen LogP contribution in [0.4, 0.5) is 10.1 Å². The molecule has 0 saturated carbocycles. The van der Waals surface area contributed by atoms with Crippen molar-refractivity contribution in [2.24, 2.45) is 0 Å². The Balaban J connectivity index is 1.43. The Hall–Kier alpha value is -3.72. The van der Waals surface area contributed by atoms with Crippen molar-refractivity contribution >= 4 is 27.6 Å². The van der Waals surface area contributed by atoms with E-state index in [9.17, 15) is 22.4 Å². The fourth-order valence-corrected chi connectivity index (χ4v) is 3.99. The summed E-state index contributed by atoms with van der Waals surface area (Å²) >= 11 is 0. The Morgan fingerprint density at radius 3 is 2.21 bits per heavy atom. The number of sulfonamides is 1. The molecule has 0 aliphatic heterocycles. The van der Waals surface area contributed by atoms with Crippen LogP contribution in [0.2, 0.25) is 0 Å². The molecule has 33 heavy (non-hydrogen) atoms. The number of hydrogen-bond acceptors (Lipinski definition) is 5. The van der Waals surface area contributed by atoms with E-state index in [0.717, 1.165) is 37.1 Å². The van der Waals surface area contributed by atoms with Crippen molar-refractivity contribution in [3.63, 3.8) is 0 Å². The maximum absolute atomic E-state index is 13.0. The van der Waals surface area contributed by atoms with E-state index in [1.54, 1.807) is 0 Å². The predicted octanol–water partition coefficient (Wildman–Crippen LogP) is 3.53. The largest absolute Gasteiger partial charge is 0.452 e. The number of aryl methyl sites for hydroxylation is 1. The molecule has 0 saturated heterocycles. The summed E-state index contributed by atoms with van der Waals surface area (Å²) in [6, 6.07) is 19.8. The van der Waals surface area contributed by atoms with Crippen LogP contribution in [0.5, 0.6) is 0 Å². The Morgan fingerprint density at radius 2 is 1.55 bits per heavy atom. The summed E-state index contributed by atoms with van der Waals surface area (Å²) in [5.74, 6) is -1.65. The van der Waals surface area contributed by atoms with Gasteiger partial charge in [-0.1, -0.05) is 30.3 Å². The van der Waals surface area contributed by atoms with Crippen LogP contribution in [0.15, 0.2) is 83.8 Å². The molecule has 0 heterocycles. The number of hydrogen-bond donors (Lipinski definition) is 2. The third-order valence-electron chi connectivity index (χ3n) is 4.64. The number of anilines is 1. The molecule has 0 aliphatic carbocycles. The second-order valence-corrected chi connectivity index (χ2v) is 8.83. The van der Waals surface area contributed by atoms with Crippen LogP contribution < -0.4 is 10.0 Å². The summed E-state index contributed by atoms with van der Waals surface area (Å²) in [4.78, 5) is 23.9. The number of nitrogens with one attached hydrogen (secondary N) is 2. The summed E-state index contributed by atoms with van der Waals surface area (Å²) in [5.41, 5.74) is 1.56. The lowest BCUT2D eigenvalue weighted by Gasteiger charge is -2.09. The molecule has 3 rings (SSSR count). The average molecular weight is 471 g/mol. The maximum atomic E-state index is 13.0. The van der Waals surface area contributed by atoms with Crippen LogP contribution in [0, 0.1) is 5.82 Å². The molecule has 0 bridgehead atoms. The Kier molecular flexibility index (Phi) is 8.15. The molecule has 2 N–H and O–H groups in total. The Labute approximate surface area is 191 Å². The quantitative estimate of drug-likeness (QED) is 0.349. The highest BCUT2D eigenvalue weighted by Gasteiger charge is 2.15. The normalized spacial score (nSPS) is 10.9. The van der Waals surface area contributed by atoms with Gasteiger partial charge >= 0.3 is 5.97 Å². The van der Waals surface area contributed by atoms with E-state index in [1.807, 2.05) is 30.3 Å². The summed E-state index contributed by atoms with van der Waals surface area (Å²) in [6.07, 6.45) is 1.59. The molecule has 7 nitrogen and oxygen atoms in total. The summed E-state index contributed by atoms with van der Waals surface area (Å²) in [6.45, 7) is 0.0529. The van der Waals surface area contributed by atoms with Crippen LogP contribution in [-0.2, 0) is 26.0 Å². The monoisotopic (exact) mass is 470 g/mol. The lowest BCUT2D eigenvalue weighted by atomic mass is 10.1. The third-order valence-corrected chi connectivity index (χ3v) is 6.04. The second kappa shape index (κ2) is 11.2. The Bertz CT molecular complexity index is 1180. The zero-order valence-electron chi connectivity index (χ0n) is 17.7. The minimum Gasteiger partial charge on any atom is -0.452 e. The highest BCUT2D eigenvalue weighted by Crippen LogP contribution is 2.17. The van der Waals surface area contributed by atoms with Crippen molar-refractivity contribution in [1.82, 2.24) is 5.32 Å². The SMILES string of the molecule is O=C(COC(=O)c1ccc(NS(=O)(=O)c2ccc(F)cc2)cc1)NCCCc1ccccc1. The van der Waals surface area contributed by atoms with Crippen molar-refractivity contribution in [2.75, 3.05) is 17.9 Å². The van der Waals surface area contributed by atoms with E-state index in [4.69, 9.17) is 4.74 Å². The molecule has 0 unspecified atom stereocenters. The predicted molar refractivity (Wildman–Crippen MR) is 122 cm³/mol. The van der Waals surface area contributed by atoms with Crippen LogP contribution in [0.25, 0.3) is 0 Å². The van der Waals surface area contributed by atoms with Crippen LogP contribution >= 0.6 is 0 Å². The lowest BCUT2D eigenvalue weighted by Crippen LogP contribution is -2.29. The number of carbonyl (C=O) groups excluding carboxylic acids is 2. The van der Waals surface area contributed by atoms with E-state index in [2.05, 4.69) is 10.0 Å². The molecule has 9 heteroatoms. The van der Waals surface area contributed by atoms with E-state index in [1.165, 1.54) is 29.8 Å². The first-order chi connectivity index (χ1) is 15.8. The van der Waals surface area contributed by atoms with Gasteiger partial charge in [0, 0.05) is 12.2 Å². The van der Waals surface area contributed by atoms with Gasteiger partial charge in [0.2, 0.25) is 0 Å². The zero-order valence-corrected chi connectivity index (χ0v) is 18.5. The van der Waals surface area contributed by atoms with Gasteiger partial charge < -0.3 is 10.1 Å². The number of esters is 1. The lowest BCUT2D eigenvalue weighted by molar-refractivity contribution is -0.124. The van der Waals surface area contributed by atoms with Gasteiger partial charge in [-0.25, -0.2) is 17.6 Å². The minimum absolute atomic E-state index is 0.0952. The van der Waals surface area contributed by atoms with Crippen molar-refractivity contribution in [2.45, 2.75) is 17.7 Å². The Morgan fingerprint density at radius 1 is 0.879 bits per heavy atom. The number of benzene rings is 3. The summed E-state index contributed by atoms with van der Waals surface area (Å²) < 4.78 is 45.0. The van der Waals surface area contributed by atoms with E-state index in [-0.39, 0.29) is 16.1 Å². The van der Waals surface area contributed by atoms with Crippen LogP contribution in [-0.4, -0.2) is 33.4 Å². The molecular weight excluding hydrogens is 447 g/mol. The van der Waals surface area contributed by atoms with Gasteiger partial charge in [-0.3, -0.25) is 9.52 Å². The minimum atomic E-state index is -3.90. The molecule has 0 aromatic heterocycles. The van der Waals surface area contributed by atoms with Crippen molar-refractivity contribution in [3.8, 4) is 0 Å². The van der Waals surface area contributed by atoms with Crippen molar-refractivity contribution < 1.29 is 27.1 Å². The standard InChI is InChI=1S/C24H23FN2O5S/c25-20-10-14-22(15-11-20)33(30,31)27-21-12-8-19(9-13-21)24(29)32-17-23(28)26-16-4-7-18-5-2-1-3-6-18/h1-3,5-6,8-15,27H,4,7,16-17H2,(H,26,28). The first kappa shape index (κ1) is 23.9. The van der Waals surface area contributed by atoms with E-state index in [0.29, 0.717) is 6.54 Å². The molecule has 3 aromatic rings. The fourth-order valence-electron chi connectivity index (χ4n) is 2.93. The maximum Gasteiger partial charge on any atom is 0.338 e. The second-order valence-electron chi connectivity index (χ2n) is 7.15. The highest BCUT2D eigenvalue weighted by molar-refractivity contribution is 7.92. The smallest absolute Gasteiger partial charge is 0.338 e. The topological polar surface area (TPSA) is 102 Å². The highest BCUT2D eigenvalue weighted by atomic mass is 32.2. The number of amides is 1. The van der Waals surface area contributed by atoms with Crippen molar-refractivity contribution in [1.29, 1.82) is 0 Å². The average Bonchev–Trinajstić information content (AvgIpc) is 2.81. The van der Waals surface area contributed by atoms with Crippen LogP contribution in [0.3, 0.4) is 0 Å². The van der Waals surface area contributed by atoms with Crippen molar-refractivity contribution in [3.05, 3.63) is 95.8 Å². The molecule has 0 fully saturated rings. The first-order valence-electron chi connectivity index (χ1n) is 10.2. The van der Waals surface area contributed by atoms with Gasteiger partial charge in [0.15, 0.2) is 6.61 Å². The molecule has 1 amide bonds. The number of rotatable bonds is 10. The first-order valence-corrected chi connectivity index (χ1v) is 11.7. The molecule has 0 radical (unpaired) electrons. The molecule has 0 aliphatic rings. The van der Waals surface area contributed by atoms with E-state index < -0.39 is 34.3 Å². The zero-order chi connectivity index (χ0) is 23.7. The van der Waals surface area contributed by atoms with Gasteiger partial charge in [-0.15, -0.1) is 0 Å². The van der Waals surface area contributed by atoms with Gasteiger partial charge in [-0.05, 0) is 66.9 Å². The fraction of sp³-hybridized carbons (Fsp3) is 0.167. The van der Waals surface area contributed by atoms with Gasteiger partial charge in [0.25, 0.3) is 15.9 Å². The number of carbonyl (C=O) groups is 2. The molecule has 0 atom stereocenters. The molecule has 172 valence electrons. The van der Waals surface area contributed by atoms with E-state index >= 15 is 0 Å². The summed E-state index contributed by atoms with van der Waals surface area (Å²) in [5, 5.41) is 2.70. The molecule has 0 spiro atoms. The van der Waals surface area contributed by atoms with Gasteiger partial charge in [0.1, 0.15) is 5.82 Å². The molecular formula is C24H23FN2O5S. The van der Waals surface area contributed by atoms with Crippen LogP contribution in [0.1, 0.15) is 22.3 Å². The number of halogens is 1. The third kappa shape index (κ3) is 7.43. The number of ether oxygens (including phenoxy) is 1. The summed E-state index contributed by atoms with van der Waals surface area (Å²) in [7, 11) is -3.90. The molecule has 3 aromatic carbocycles. The van der Waals surface area contributed by atoms with Gasteiger partial charge in [0.05, 0.1) is 10.5 Å².